The number of nitrogens with one attached hydrogen (secondary N) is 1. The number of anilines is 1. The van der Waals surface area contributed by atoms with E-state index in [1.807, 2.05) is 61.6 Å². The van der Waals surface area contributed by atoms with E-state index < -0.39 is 0 Å². The van der Waals surface area contributed by atoms with Crippen LogP contribution in [0.5, 0.6) is 5.75 Å². The number of para-hydroxylation sites is 2. The van der Waals surface area contributed by atoms with Gasteiger partial charge in [-0.2, -0.15) is 5.10 Å². The monoisotopic (exact) mass is 336 g/mol. The van der Waals surface area contributed by atoms with Crippen molar-refractivity contribution in [2.45, 2.75) is 12.6 Å². The van der Waals surface area contributed by atoms with Crippen molar-refractivity contribution < 1.29 is 9.47 Å². The molecule has 25 heavy (non-hydrogen) atoms. The summed E-state index contributed by atoms with van der Waals surface area (Å²) in [6, 6.07) is 18.0. The summed E-state index contributed by atoms with van der Waals surface area (Å²) in [5, 5.41) is 7.87. The first-order valence-corrected chi connectivity index (χ1v) is 8.32. The molecule has 1 fully saturated rings. The van der Waals surface area contributed by atoms with Crippen LogP contribution >= 0.6 is 0 Å². The number of aryl methyl sites for hydroxylation is 1. The van der Waals surface area contributed by atoms with Crippen LogP contribution in [-0.2, 0) is 18.3 Å². The molecular weight excluding hydrogens is 316 g/mol. The normalized spacial score (nSPS) is 14.1. The largest absolute Gasteiger partial charge is 0.483 e. The molecule has 0 aliphatic carbocycles. The maximum absolute atomic E-state index is 5.93. The second kappa shape index (κ2) is 6.94. The summed E-state index contributed by atoms with van der Waals surface area (Å²) >= 11 is 0. The van der Waals surface area contributed by atoms with Crippen molar-refractivity contribution in [1.82, 2.24) is 14.8 Å². The Morgan fingerprint density at radius 3 is 2.64 bits per heavy atom. The second-order valence-electron chi connectivity index (χ2n) is 5.97. The van der Waals surface area contributed by atoms with Crippen molar-refractivity contribution in [2.75, 3.05) is 18.5 Å². The molecule has 1 N–H and O–H groups in total. The highest BCUT2D eigenvalue weighted by Gasteiger charge is 2.21. The highest BCUT2D eigenvalue weighted by molar-refractivity contribution is 5.57. The summed E-state index contributed by atoms with van der Waals surface area (Å²) in [5.41, 5.74) is 1.99. The van der Waals surface area contributed by atoms with Crippen LogP contribution in [0.3, 0.4) is 0 Å². The maximum Gasteiger partial charge on any atom is 0.170 e. The molecule has 2 heterocycles. The van der Waals surface area contributed by atoms with Gasteiger partial charge in [0, 0.05) is 12.6 Å². The highest BCUT2D eigenvalue weighted by Crippen LogP contribution is 2.26. The number of hydrogen-bond donors (Lipinski definition) is 1. The lowest BCUT2D eigenvalue weighted by molar-refractivity contribution is -0.0794. The van der Waals surface area contributed by atoms with E-state index in [4.69, 9.17) is 9.47 Å². The lowest BCUT2D eigenvalue weighted by atomic mass is 10.2. The van der Waals surface area contributed by atoms with Gasteiger partial charge < -0.3 is 14.8 Å². The third-order valence-electron chi connectivity index (χ3n) is 4.06. The molecule has 1 saturated heterocycles. The van der Waals surface area contributed by atoms with Crippen LogP contribution in [0.25, 0.3) is 11.4 Å². The van der Waals surface area contributed by atoms with E-state index in [0.717, 1.165) is 28.6 Å². The topological polar surface area (TPSA) is 61.2 Å². The first kappa shape index (κ1) is 15.7. The average molecular weight is 336 g/mol. The summed E-state index contributed by atoms with van der Waals surface area (Å²) in [4.78, 5) is 4.64. The molecule has 0 spiro atoms. The Kier molecular flexibility index (Phi) is 4.35. The van der Waals surface area contributed by atoms with E-state index in [0.29, 0.717) is 19.8 Å². The molecule has 1 aliphatic heterocycles. The van der Waals surface area contributed by atoms with E-state index in [9.17, 15) is 0 Å². The van der Waals surface area contributed by atoms with Crippen molar-refractivity contribution in [1.29, 1.82) is 0 Å². The average Bonchev–Trinajstić information content (AvgIpc) is 2.99. The number of nitrogens with zero attached hydrogens (tertiary/aromatic N) is 3. The van der Waals surface area contributed by atoms with Crippen LogP contribution < -0.4 is 10.1 Å². The summed E-state index contributed by atoms with van der Waals surface area (Å²) in [6.07, 6.45) is 0.139. The van der Waals surface area contributed by atoms with E-state index in [1.165, 1.54) is 0 Å². The summed E-state index contributed by atoms with van der Waals surface area (Å²) < 4.78 is 12.9. The third kappa shape index (κ3) is 3.49. The Bertz CT molecular complexity index is 844. The standard InChI is InChI=1S/C19H20N4O2/c1-23-19(14-7-3-2-4-8-14)21-18(22-23)11-20-16-9-5-6-10-17(16)25-15-12-24-13-15/h2-10,15,20H,11-13H2,1H3. The summed E-state index contributed by atoms with van der Waals surface area (Å²) in [5.74, 6) is 2.42. The van der Waals surface area contributed by atoms with Crippen molar-refractivity contribution in [3.05, 3.63) is 60.4 Å². The van der Waals surface area contributed by atoms with Gasteiger partial charge in [-0.15, -0.1) is 0 Å². The fourth-order valence-corrected chi connectivity index (χ4v) is 2.70. The Morgan fingerprint density at radius 2 is 1.88 bits per heavy atom. The first-order chi connectivity index (χ1) is 12.3. The molecule has 1 aromatic heterocycles. The molecule has 4 rings (SSSR count). The van der Waals surface area contributed by atoms with Crippen molar-refractivity contribution >= 4 is 5.69 Å². The van der Waals surface area contributed by atoms with Gasteiger partial charge in [0.15, 0.2) is 11.6 Å². The zero-order chi connectivity index (χ0) is 17.1. The van der Waals surface area contributed by atoms with E-state index in [2.05, 4.69) is 15.4 Å². The number of ether oxygens (including phenoxy) is 2. The molecule has 6 heteroatoms. The highest BCUT2D eigenvalue weighted by atomic mass is 16.6. The van der Waals surface area contributed by atoms with E-state index >= 15 is 0 Å². The second-order valence-corrected chi connectivity index (χ2v) is 5.97. The maximum atomic E-state index is 5.93. The minimum Gasteiger partial charge on any atom is -0.483 e. The van der Waals surface area contributed by atoms with Crippen LogP contribution in [0, 0.1) is 0 Å². The van der Waals surface area contributed by atoms with Crippen LogP contribution in [0.4, 0.5) is 5.69 Å². The third-order valence-corrected chi connectivity index (χ3v) is 4.06. The molecule has 0 saturated carbocycles. The fourth-order valence-electron chi connectivity index (χ4n) is 2.70. The smallest absolute Gasteiger partial charge is 0.170 e. The lowest BCUT2D eigenvalue weighted by Crippen LogP contribution is -2.38. The van der Waals surface area contributed by atoms with Gasteiger partial charge in [-0.25, -0.2) is 9.67 Å². The Morgan fingerprint density at radius 1 is 1.12 bits per heavy atom. The van der Waals surface area contributed by atoms with Crippen LogP contribution in [-0.4, -0.2) is 34.1 Å². The minimum atomic E-state index is 0.139. The molecule has 0 unspecified atom stereocenters. The van der Waals surface area contributed by atoms with E-state index in [-0.39, 0.29) is 6.10 Å². The van der Waals surface area contributed by atoms with Gasteiger partial charge in [0.1, 0.15) is 11.9 Å². The SMILES string of the molecule is Cn1nc(CNc2ccccc2OC2COC2)nc1-c1ccccc1. The molecule has 2 aromatic carbocycles. The van der Waals surface area contributed by atoms with Gasteiger partial charge in [-0.1, -0.05) is 42.5 Å². The van der Waals surface area contributed by atoms with Crippen LogP contribution in [0.2, 0.25) is 0 Å². The fraction of sp³-hybridized carbons (Fsp3) is 0.263. The Labute approximate surface area is 146 Å². The van der Waals surface area contributed by atoms with Gasteiger partial charge in [0.25, 0.3) is 0 Å². The Balaban J connectivity index is 1.47. The molecule has 128 valence electrons. The quantitative estimate of drug-likeness (QED) is 0.750. The molecular formula is C19H20N4O2. The number of hydrogen-bond acceptors (Lipinski definition) is 5. The molecule has 0 bridgehead atoms. The number of rotatable bonds is 6. The Hall–Kier alpha value is -2.86. The van der Waals surface area contributed by atoms with Gasteiger partial charge in [-0.3, -0.25) is 0 Å². The molecule has 0 atom stereocenters. The van der Waals surface area contributed by atoms with Crippen molar-refractivity contribution in [2.24, 2.45) is 7.05 Å². The number of aromatic nitrogens is 3. The van der Waals surface area contributed by atoms with Gasteiger partial charge in [0.2, 0.25) is 0 Å². The number of benzene rings is 2. The van der Waals surface area contributed by atoms with Crippen molar-refractivity contribution in [3.63, 3.8) is 0 Å². The first-order valence-electron chi connectivity index (χ1n) is 8.32. The van der Waals surface area contributed by atoms with Gasteiger partial charge in [-0.05, 0) is 12.1 Å². The predicted octanol–water partition coefficient (Wildman–Crippen LogP) is 2.87. The van der Waals surface area contributed by atoms with Gasteiger partial charge in [0.05, 0.1) is 25.4 Å². The predicted molar refractivity (Wildman–Crippen MR) is 95.4 cm³/mol. The van der Waals surface area contributed by atoms with Crippen LogP contribution in [0.15, 0.2) is 54.6 Å². The lowest BCUT2D eigenvalue weighted by Gasteiger charge is -2.27. The molecule has 0 radical (unpaired) electrons. The van der Waals surface area contributed by atoms with E-state index in [1.54, 1.807) is 4.68 Å². The summed E-state index contributed by atoms with van der Waals surface area (Å²) in [7, 11) is 1.91. The zero-order valence-electron chi connectivity index (χ0n) is 14.1. The zero-order valence-corrected chi connectivity index (χ0v) is 14.1. The molecule has 6 nitrogen and oxygen atoms in total. The van der Waals surface area contributed by atoms with Crippen LogP contribution in [0.1, 0.15) is 5.82 Å². The minimum absolute atomic E-state index is 0.139. The molecule has 3 aromatic rings. The van der Waals surface area contributed by atoms with Gasteiger partial charge >= 0.3 is 0 Å². The molecule has 1 aliphatic rings. The van der Waals surface area contributed by atoms with Crippen molar-refractivity contribution in [3.8, 4) is 17.1 Å². The molecule has 0 amide bonds. The summed E-state index contributed by atoms with van der Waals surface area (Å²) in [6.45, 7) is 1.83.